The normalized spacial score (nSPS) is 10.0. The number of amides is 1. The van der Waals surface area contributed by atoms with Gasteiger partial charge in [-0.1, -0.05) is 36.9 Å². The van der Waals surface area contributed by atoms with Crippen molar-refractivity contribution in [1.29, 1.82) is 0 Å². The molecule has 0 saturated carbocycles. The maximum Gasteiger partial charge on any atom is 0.243 e. The summed E-state index contributed by atoms with van der Waals surface area (Å²) in [6.45, 7) is 3.35. The summed E-state index contributed by atoms with van der Waals surface area (Å²) >= 11 is 0. The van der Waals surface area contributed by atoms with E-state index < -0.39 is 5.91 Å². The molecule has 2 rings (SSSR count). The molecule has 5 nitrogen and oxygen atoms in total. The minimum absolute atomic E-state index is 0.0199. The van der Waals surface area contributed by atoms with Gasteiger partial charge in [-0.15, -0.1) is 0 Å². The maximum atomic E-state index is 12.4. The third-order valence-corrected chi connectivity index (χ3v) is 3.12. The van der Waals surface area contributed by atoms with Crippen molar-refractivity contribution in [1.82, 2.24) is 5.32 Å². The van der Waals surface area contributed by atoms with Gasteiger partial charge >= 0.3 is 0 Å². The Morgan fingerprint density at radius 2 is 1.77 bits per heavy atom. The average molecular weight is 297 g/mol. The predicted molar refractivity (Wildman–Crippen MR) is 81.7 cm³/mol. The second kappa shape index (κ2) is 6.58. The number of phenolic OH excluding ortho intramolecular Hbond substituents is 2. The van der Waals surface area contributed by atoms with E-state index in [4.69, 9.17) is 0 Å². The van der Waals surface area contributed by atoms with Crippen molar-refractivity contribution in [3.63, 3.8) is 0 Å². The van der Waals surface area contributed by atoms with Crippen LogP contribution in [0.15, 0.2) is 55.1 Å². The van der Waals surface area contributed by atoms with Gasteiger partial charge in [-0.25, -0.2) is 0 Å². The summed E-state index contributed by atoms with van der Waals surface area (Å²) in [5.74, 6) is -1.28. The number of ketones is 1. The first-order chi connectivity index (χ1) is 10.5. The second-order valence-corrected chi connectivity index (χ2v) is 4.62. The molecule has 22 heavy (non-hydrogen) atoms. The van der Waals surface area contributed by atoms with E-state index in [1.165, 1.54) is 6.07 Å². The molecule has 0 aliphatic carbocycles. The third-order valence-electron chi connectivity index (χ3n) is 3.12. The molecule has 0 aliphatic heterocycles. The van der Waals surface area contributed by atoms with Crippen LogP contribution >= 0.6 is 0 Å². The van der Waals surface area contributed by atoms with Gasteiger partial charge in [-0.2, -0.15) is 0 Å². The smallest absolute Gasteiger partial charge is 0.243 e. The third kappa shape index (κ3) is 3.32. The Hall–Kier alpha value is -3.08. The Morgan fingerprint density at radius 3 is 2.41 bits per heavy atom. The average Bonchev–Trinajstić information content (AvgIpc) is 2.54. The maximum absolute atomic E-state index is 12.4. The van der Waals surface area contributed by atoms with Gasteiger partial charge in [0.05, 0.1) is 5.56 Å². The van der Waals surface area contributed by atoms with Gasteiger partial charge in [0.2, 0.25) is 5.91 Å². The molecule has 0 saturated heterocycles. The fourth-order valence-electron chi connectivity index (χ4n) is 1.95. The largest absolute Gasteiger partial charge is 0.507 e. The van der Waals surface area contributed by atoms with Crippen molar-refractivity contribution in [2.45, 2.75) is 6.54 Å². The SMILES string of the molecule is C=CC(=O)NCc1cc(C(=O)c2ccccc2)c(O)cc1O. The molecule has 112 valence electrons. The molecule has 0 radical (unpaired) electrons. The molecular formula is C17H15NO4. The number of phenols is 2. The van der Waals surface area contributed by atoms with Gasteiger partial charge in [0, 0.05) is 23.7 Å². The van der Waals surface area contributed by atoms with E-state index in [-0.39, 0.29) is 29.4 Å². The number of hydrogen-bond donors (Lipinski definition) is 3. The van der Waals surface area contributed by atoms with Crippen molar-refractivity contribution >= 4 is 11.7 Å². The number of carbonyl (C=O) groups is 2. The molecule has 2 aromatic carbocycles. The Labute approximate surface area is 127 Å². The van der Waals surface area contributed by atoms with E-state index in [1.807, 2.05) is 0 Å². The summed E-state index contributed by atoms with van der Waals surface area (Å²) in [4.78, 5) is 23.6. The van der Waals surface area contributed by atoms with Crippen molar-refractivity contribution in [3.05, 3.63) is 71.8 Å². The van der Waals surface area contributed by atoms with Gasteiger partial charge in [0.1, 0.15) is 11.5 Å². The molecule has 0 bridgehead atoms. The highest BCUT2D eigenvalue weighted by Gasteiger charge is 2.16. The summed E-state index contributed by atoms with van der Waals surface area (Å²) in [6.07, 6.45) is 1.10. The van der Waals surface area contributed by atoms with Gasteiger partial charge < -0.3 is 15.5 Å². The highest BCUT2D eigenvalue weighted by atomic mass is 16.3. The standard InChI is InChI=1S/C17H15NO4/c1-2-16(21)18-10-12-8-13(15(20)9-14(12)19)17(22)11-6-4-3-5-7-11/h2-9,19-20H,1,10H2,(H,18,21). The van der Waals surface area contributed by atoms with Crippen molar-refractivity contribution in [2.75, 3.05) is 0 Å². The van der Waals surface area contributed by atoms with E-state index in [9.17, 15) is 19.8 Å². The van der Waals surface area contributed by atoms with Crippen LogP contribution in [0.25, 0.3) is 0 Å². The van der Waals surface area contributed by atoms with E-state index >= 15 is 0 Å². The molecule has 0 aromatic heterocycles. The quantitative estimate of drug-likeness (QED) is 0.583. The molecule has 0 aliphatic rings. The number of carbonyl (C=O) groups excluding carboxylic acids is 2. The zero-order valence-corrected chi connectivity index (χ0v) is 11.7. The fraction of sp³-hybridized carbons (Fsp3) is 0.0588. The molecule has 2 aromatic rings. The van der Waals surface area contributed by atoms with Crippen molar-refractivity contribution in [3.8, 4) is 11.5 Å². The van der Waals surface area contributed by atoms with Crippen LogP contribution in [0.4, 0.5) is 0 Å². The summed E-state index contributed by atoms with van der Waals surface area (Å²) in [5.41, 5.74) is 0.809. The molecule has 0 spiro atoms. The lowest BCUT2D eigenvalue weighted by molar-refractivity contribution is -0.116. The molecule has 3 N–H and O–H groups in total. The number of rotatable bonds is 5. The lowest BCUT2D eigenvalue weighted by Gasteiger charge is -2.10. The fourth-order valence-corrected chi connectivity index (χ4v) is 1.95. The number of nitrogens with one attached hydrogen (secondary N) is 1. The minimum atomic E-state index is -0.400. The Morgan fingerprint density at radius 1 is 1.09 bits per heavy atom. The topological polar surface area (TPSA) is 86.6 Å². The summed E-state index contributed by atoms with van der Waals surface area (Å²) < 4.78 is 0. The van der Waals surface area contributed by atoms with Crippen LogP contribution in [-0.2, 0) is 11.3 Å². The van der Waals surface area contributed by atoms with E-state index in [2.05, 4.69) is 11.9 Å². The molecule has 0 fully saturated rings. The number of benzene rings is 2. The number of aromatic hydroxyl groups is 2. The van der Waals surface area contributed by atoms with Crippen molar-refractivity contribution in [2.24, 2.45) is 0 Å². The van der Waals surface area contributed by atoms with Crippen LogP contribution in [0, 0.1) is 0 Å². The van der Waals surface area contributed by atoms with Crippen molar-refractivity contribution < 1.29 is 19.8 Å². The Balaban J connectivity index is 2.34. The Kier molecular flexibility index (Phi) is 4.58. The zero-order valence-electron chi connectivity index (χ0n) is 11.7. The van der Waals surface area contributed by atoms with Crippen LogP contribution in [-0.4, -0.2) is 21.9 Å². The summed E-state index contributed by atoms with van der Waals surface area (Å²) in [5, 5.41) is 22.2. The Bertz CT molecular complexity index is 723. The predicted octanol–water partition coefficient (Wildman–Crippen LogP) is 2.13. The lowest BCUT2D eigenvalue weighted by Crippen LogP contribution is -2.20. The molecule has 0 heterocycles. The van der Waals surface area contributed by atoms with Gasteiger partial charge in [-0.3, -0.25) is 9.59 Å². The minimum Gasteiger partial charge on any atom is -0.507 e. The highest BCUT2D eigenvalue weighted by Crippen LogP contribution is 2.29. The van der Waals surface area contributed by atoms with E-state index in [0.29, 0.717) is 11.1 Å². The summed E-state index contributed by atoms with van der Waals surface area (Å²) in [7, 11) is 0. The number of hydrogen-bond acceptors (Lipinski definition) is 4. The first-order valence-corrected chi connectivity index (χ1v) is 6.57. The lowest BCUT2D eigenvalue weighted by atomic mass is 9.99. The monoisotopic (exact) mass is 297 g/mol. The van der Waals surface area contributed by atoms with Crippen LogP contribution < -0.4 is 5.32 Å². The molecule has 0 unspecified atom stereocenters. The van der Waals surface area contributed by atoms with E-state index in [1.54, 1.807) is 30.3 Å². The zero-order chi connectivity index (χ0) is 16.1. The van der Waals surface area contributed by atoms with Gasteiger partial charge in [-0.05, 0) is 12.1 Å². The van der Waals surface area contributed by atoms with Crippen LogP contribution in [0.5, 0.6) is 11.5 Å². The highest BCUT2D eigenvalue weighted by molar-refractivity contribution is 6.10. The molecule has 5 heteroatoms. The first kappa shape index (κ1) is 15.3. The van der Waals surface area contributed by atoms with Crippen LogP contribution in [0.1, 0.15) is 21.5 Å². The molecular weight excluding hydrogens is 282 g/mol. The van der Waals surface area contributed by atoms with E-state index in [0.717, 1.165) is 12.1 Å². The van der Waals surface area contributed by atoms with Crippen LogP contribution in [0.3, 0.4) is 0 Å². The molecule has 1 amide bonds. The second-order valence-electron chi connectivity index (χ2n) is 4.62. The first-order valence-electron chi connectivity index (χ1n) is 6.57. The van der Waals surface area contributed by atoms with Gasteiger partial charge in [0.25, 0.3) is 0 Å². The summed E-state index contributed by atoms with van der Waals surface area (Å²) in [6, 6.07) is 10.9. The molecule has 0 atom stereocenters. The van der Waals surface area contributed by atoms with Gasteiger partial charge in [0.15, 0.2) is 5.78 Å². The van der Waals surface area contributed by atoms with Crippen LogP contribution in [0.2, 0.25) is 0 Å².